The Labute approximate surface area is 250 Å². The van der Waals surface area contributed by atoms with E-state index < -0.39 is 118 Å². The molecule has 3 heterocycles. The lowest BCUT2D eigenvalue weighted by atomic mass is 9.97. The smallest absolute Gasteiger partial charge is 0.187 e. The van der Waals surface area contributed by atoms with Crippen molar-refractivity contribution in [3.05, 3.63) is 0 Å². The van der Waals surface area contributed by atoms with Gasteiger partial charge < -0.3 is 79.5 Å². The van der Waals surface area contributed by atoms with E-state index in [0.717, 1.165) is 32.1 Å². The minimum absolute atomic E-state index is 0.415. The number of ether oxygens (including phenoxy) is 6. The highest BCUT2D eigenvalue weighted by Gasteiger charge is 2.52. The summed E-state index contributed by atoms with van der Waals surface area (Å²) in [7, 11) is 0. The zero-order valence-electron chi connectivity index (χ0n) is 24.5. The summed E-state index contributed by atoms with van der Waals surface area (Å²) in [4.78, 5) is 0. The Bertz CT molecular complexity index is 788. The van der Waals surface area contributed by atoms with Gasteiger partial charge in [-0.15, -0.1) is 0 Å². The summed E-state index contributed by atoms with van der Waals surface area (Å²) in [5.41, 5.74) is 0. The fourth-order valence-electron chi connectivity index (χ4n) is 5.36. The van der Waals surface area contributed by atoms with Gasteiger partial charge in [0.15, 0.2) is 18.9 Å². The van der Waals surface area contributed by atoms with E-state index in [-0.39, 0.29) is 0 Å². The molecule has 3 rings (SSSR count). The third kappa shape index (κ3) is 9.22. The second kappa shape index (κ2) is 17.3. The van der Waals surface area contributed by atoms with Crippen LogP contribution in [-0.4, -0.2) is 169 Å². The van der Waals surface area contributed by atoms with E-state index in [2.05, 4.69) is 6.92 Å². The number of aliphatic hydroxyl groups excluding tert-OH is 10. The highest BCUT2D eigenvalue weighted by molar-refractivity contribution is 4.95. The molecule has 16 nitrogen and oxygen atoms in total. The second-order valence-electron chi connectivity index (χ2n) is 11.5. The quantitative estimate of drug-likeness (QED) is 0.0778. The van der Waals surface area contributed by atoms with Crippen LogP contribution in [0.4, 0.5) is 0 Å². The molecular formula is C27H50O16. The minimum atomic E-state index is -1.79. The Morgan fingerprint density at radius 1 is 0.581 bits per heavy atom. The number of unbranched alkanes of at least 4 members (excludes halogenated alkanes) is 4. The van der Waals surface area contributed by atoms with E-state index in [0.29, 0.717) is 6.42 Å². The van der Waals surface area contributed by atoms with Crippen LogP contribution in [0.5, 0.6) is 0 Å². The number of hydrogen-bond donors (Lipinski definition) is 10. The van der Waals surface area contributed by atoms with Crippen molar-refractivity contribution in [3.63, 3.8) is 0 Å². The fraction of sp³-hybridized carbons (Fsp3) is 1.00. The normalized spacial score (nSPS) is 44.8. The van der Waals surface area contributed by atoms with Gasteiger partial charge >= 0.3 is 0 Å². The molecule has 0 spiro atoms. The maximum Gasteiger partial charge on any atom is 0.187 e. The van der Waals surface area contributed by atoms with Gasteiger partial charge in [0.2, 0.25) is 0 Å². The molecular weight excluding hydrogens is 580 g/mol. The minimum Gasteiger partial charge on any atom is -0.394 e. The van der Waals surface area contributed by atoms with E-state index >= 15 is 0 Å². The van der Waals surface area contributed by atoms with Gasteiger partial charge in [0.25, 0.3) is 0 Å². The molecule has 0 bridgehead atoms. The molecule has 43 heavy (non-hydrogen) atoms. The van der Waals surface area contributed by atoms with Crippen LogP contribution in [0.3, 0.4) is 0 Å². The molecule has 0 aromatic rings. The molecule has 0 aromatic heterocycles. The Morgan fingerprint density at radius 2 is 1.09 bits per heavy atom. The first-order chi connectivity index (χ1) is 20.4. The summed E-state index contributed by atoms with van der Waals surface area (Å²) in [5, 5.41) is 102. The lowest BCUT2D eigenvalue weighted by Crippen LogP contribution is -2.65. The SMILES string of the molecule is CCCCCCCC(C)O[C@@H]1O[C@H](CO[C@@H]2O[C@H](CO)[C@@H](O)[C@H](O)[C@H]2O)[C@@H](O)[C@H](O)[C@H]1O[C@@H]1O[C@H](CO)[C@@H](O)[C@H](O)[C@H]1O. The van der Waals surface area contributed by atoms with E-state index in [1.54, 1.807) is 6.92 Å². The average molecular weight is 631 g/mol. The van der Waals surface area contributed by atoms with Crippen molar-refractivity contribution in [3.8, 4) is 0 Å². The summed E-state index contributed by atoms with van der Waals surface area (Å²) >= 11 is 0. The molecule has 1 unspecified atom stereocenters. The molecule has 3 saturated heterocycles. The highest BCUT2D eigenvalue weighted by Crippen LogP contribution is 2.31. The Morgan fingerprint density at radius 3 is 1.67 bits per heavy atom. The first-order valence-electron chi connectivity index (χ1n) is 15.0. The molecule has 10 N–H and O–H groups in total. The van der Waals surface area contributed by atoms with Crippen LogP contribution in [0, 0.1) is 0 Å². The van der Waals surface area contributed by atoms with Gasteiger partial charge in [-0.1, -0.05) is 39.0 Å². The Balaban J connectivity index is 1.72. The molecule has 16 atom stereocenters. The topological polar surface area (TPSA) is 258 Å². The summed E-state index contributed by atoms with van der Waals surface area (Å²) in [6.07, 6.45) is -18.1. The summed E-state index contributed by atoms with van der Waals surface area (Å²) < 4.78 is 34.0. The van der Waals surface area contributed by atoms with Gasteiger partial charge in [0, 0.05) is 0 Å². The standard InChI is InChI=1S/C27H50O16/c1-3-4-5-6-7-8-12(2)39-27-24(43-26-23(37)20(34)17(31)14(10-29)41-26)21(35)18(32)15(42-27)11-38-25-22(36)19(33)16(30)13(9-28)40-25/h12-37H,3-11H2,1-2H3/t12?,13-,14-,15-,16-,17-,18-,19+,20+,21+,22-,23-,24-,25-,26+,27-/m1/s1. The third-order valence-electron chi connectivity index (χ3n) is 8.14. The van der Waals surface area contributed by atoms with Crippen LogP contribution < -0.4 is 0 Å². The van der Waals surface area contributed by atoms with Gasteiger partial charge in [-0.2, -0.15) is 0 Å². The average Bonchev–Trinajstić information content (AvgIpc) is 2.99. The van der Waals surface area contributed by atoms with E-state index in [4.69, 9.17) is 28.4 Å². The zero-order valence-corrected chi connectivity index (χ0v) is 24.5. The third-order valence-corrected chi connectivity index (χ3v) is 8.14. The van der Waals surface area contributed by atoms with Crippen LogP contribution >= 0.6 is 0 Å². The van der Waals surface area contributed by atoms with Crippen LogP contribution in [-0.2, 0) is 28.4 Å². The van der Waals surface area contributed by atoms with Crippen LogP contribution in [0.15, 0.2) is 0 Å². The lowest BCUT2D eigenvalue weighted by Gasteiger charge is -2.47. The highest BCUT2D eigenvalue weighted by atomic mass is 16.8. The van der Waals surface area contributed by atoms with Crippen molar-refractivity contribution >= 4 is 0 Å². The number of aliphatic hydroxyl groups is 10. The van der Waals surface area contributed by atoms with Crippen molar-refractivity contribution in [2.75, 3.05) is 19.8 Å². The Hall–Kier alpha value is -0.640. The molecule has 0 radical (unpaired) electrons. The molecule has 254 valence electrons. The lowest BCUT2D eigenvalue weighted by molar-refractivity contribution is -0.376. The van der Waals surface area contributed by atoms with Crippen molar-refractivity contribution in [1.29, 1.82) is 0 Å². The van der Waals surface area contributed by atoms with Gasteiger partial charge in [-0.05, 0) is 13.3 Å². The first-order valence-corrected chi connectivity index (χ1v) is 15.0. The van der Waals surface area contributed by atoms with E-state index in [1.807, 2.05) is 0 Å². The zero-order chi connectivity index (χ0) is 31.8. The molecule has 0 amide bonds. The largest absolute Gasteiger partial charge is 0.394 e. The predicted molar refractivity (Wildman–Crippen MR) is 143 cm³/mol. The number of hydrogen-bond acceptors (Lipinski definition) is 16. The summed E-state index contributed by atoms with van der Waals surface area (Å²) in [6, 6.07) is 0. The van der Waals surface area contributed by atoms with Crippen LogP contribution in [0.1, 0.15) is 52.4 Å². The van der Waals surface area contributed by atoms with Gasteiger partial charge in [-0.25, -0.2) is 0 Å². The van der Waals surface area contributed by atoms with Gasteiger partial charge in [-0.3, -0.25) is 0 Å². The predicted octanol–water partition coefficient (Wildman–Crippen LogP) is -3.80. The molecule has 3 aliphatic heterocycles. The van der Waals surface area contributed by atoms with Crippen molar-refractivity contribution in [2.45, 2.75) is 151 Å². The summed E-state index contributed by atoms with van der Waals surface area (Å²) in [5.74, 6) is 0. The monoisotopic (exact) mass is 630 g/mol. The Kier molecular flexibility index (Phi) is 14.8. The maximum absolute atomic E-state index is 11.1. The number of rotatable bonds is 15. The second-order valence-corrected chi connectivity index (χ2v) is 11.5. The van der Waals surface area contributed by atoms with Gasteiger partial charge in [0.05, 0.1) is 25.9 Å². The summed E-state index contributed by atoms with van der Waals surface area (Å²) in [6.45, 7) is 2.02. The van der Waals surface area contributed by atoms with Gasteiger partial charge in [0.1, 0.15) is 73.2 Å². The van der Waals surface area contributed by atoms with Crippen molar-refractivity contribution in [2.24, 2.45) is 0 Å². The molecule has 0 aliphatic carbocycles. The van der Waals surface area contributed by atoms with E-state index in [9.17, 15) is 51.1 Å². The van der Waals surface area contributed by atoms with Crippen LogP contribution in [0.25, 0.3) is 0 Å². The van der Waals surface area contributed by atoms with Crippen molar-refractivity contribution in [1.82, 2.24) is 0 Å². The molecule has 0 saturated carbocycles. The molecule has 3 aliphatic rings. The van der Waals surface area contributed by atoms with Crippen molar-refractivity contribution < 1.29 is 79.5 Å². The molecule has 3 fully saturated rings. The van der Waals surface area contributed by atoms with Crippen LogP contribution in [0.2, 0.25) is 0 Å². The van der Waals surface area contributed by atoms with E-state index in [1.165, 1.54) is 0 Å². The maximum atomic E-state index is 11.1. The fourth-order valence-corrected chi connectivity index (χ4v) is 5.36. The molecule has 16 heteroatoms. The molecule has 0 aromatic carbocycles. The first kappa shape index (κ1) is 36.8.